The van der Waals surface area contributed by atoms with Crippen molar-refractivity contribution in [1.29, 1.82) is 0 Å². The average molecular weight is 283 g/mol. The van der Waals surface area contributed by atoms with E-state index in [1.807, 2.05) is 36.2 Å². The molecule has 4 heteroatoms. The first-order valence-corrected chi connectivity index (χ1v) is 6.21. The van der Waals surface area contributed by atoms with E-state index in [1.54, 1.807) is 0 Å². The first-order chi connectivity index (χ1) is 7.68. The molecule has 1 heterocycles. The zero-order valence-electron chi connectivity index (χ0n) is 9.24. The van der Waals surface area contributed by atoms with Crippen molar-refractivity contribution in [3.63, 3.8) is 0 Å². The highest BCUT2D eigenvalue weighted by Crippen LogP contribution is 2.15. The second kappa shape index (κ2) is 4.97. The molecule has 1 aliphatic rings. The molecule has 1 N–H and O–H groups in total. The molecule has 1 aromatic carbocycles. The summed E-state index contributed by atoms with van der Waals surface area (Å²) < 4.78 is 0.941. The van der Waals surface area contributed by atoms with Crippen LogP contribution in [0.25, 0.3) is 0 Å². The molecule has 0 spiro atoms. The third-order valence-electron chi connectivity index (χ3n) is 2.97. The van der Waals surface area contributed by atoms with Crippen molar-refractivity contribution in [2.24, 2.45) is 0 Å². The number of hydrogen-bond donors (Lipinski definition) is 1. The molecule has 86 valence electrons. The maximum Gasteiger partial charge on any atom is 0.253 e. The fourth-order valence-corrected chi connectivity index (χ4v) is 2.36. The van der Waals surface area contributed by atoms with Gasteiger partial charge in [-0.05, 0) is 31.2 Å². The van der Waals surface area contributed by atoms with Gasteiger partial charge in [0, 0.05) is 29.7 Å². The summed E-state index contributed by atoms with van der Waals surface area (Å²) in [5.41, 5.74) is 0.740. The van der Waals surface area contributed by atoms with E-state index in [0.29, 0.717) is 6.04 Å². The van der Waals surface area contributed by atoms with Crippen LogP contribution in [0, 0.1) is 0 Å². The van der Waals surface area contributed by atoms with E-state index in [0.717, 1.165) is 29.5 Å². The Balaban J connectivity index is 2.12. The number of carbonyl (C=O) groups is 1. The molecule has 1 atom stereocenters. The van der Waals surface area contributed by atoms with Crippen LogP contribution < -0.4 is 5.32 Å². The van der Waals surface area contributed by atoms with E-state index >= 15 is 0 Å². The lowest BCUT2D eigenvalue weighted by Crippen LogP contribution is -2.38. The maximum atomic E-state index is 12.2. The average Bonchev–Trinajstić information content (AvgIpc) is 2.80. The van der Waals surface area contributed by atoms with Crippen molar-refractivity contribution in [2.75, 3.05) is 20.1 Å². The predicted molar refractivity (Wildman–Crippen MR) is 67.5 cm³/mol. The Morgan fingerprint density at radius 2 is 2.38 bits per heavy atom. The topological polar surface area (TPSA) is 32.3 Å². The molecule has 0 aliphatic carbocycles. The number of rotatable bonds is 2. The fraction of sp³-hybridized carbons (Fsp3) is 0.417. The lowest BCUT2D eigenvalue weighted by molar-refractivity contribution is 0.0743. The predicted octanol–water partition coefficient (Wildman–Crippen LogP) is 1.88. The van der Waals surface area contributed by atoms with Gasteiger partial charge in [0.25, 0.3) is 5.91 Å². The van der Waals surface area contributed by atoms with E-state index in [1.165, 1.54) is 0 Å². The Bertz CT molecular complexity index is 388. The quantitative estimate of drug-likeness (QED) is 0.899. The summed E-state index contributed by atoms with van der Waals surface area (Å²) in [7, 11) is 1.88. The smallest absolute Gasteiger partial charge is 0.253 e. The van der Waals surface area contributed by atoms with Crippen LogP contribution in [-0.2, 0) is 0 Å². The van der Waals surface area contributed by atoms with Gasteiger partial charge < -0.3 is 10.2 Å². The highest BCUT2D eigenvalue weighted by atomic mass is 79.9. The molecule has 0 radical (unpaired) electrons. The van der Waals surface area contributed by atoms with Gasteiger partial charge in [-0.25, -0.2) is 0 Å². The van der Waals surface area contributed by atoms with Crippen LogP contribution in [0.2, 0.25) is 0 Å². The summed E-state index contributed by atoms with van der Waals surface area (Å²) in [6.07, 6.45) is 1.04. The van der Waals surface area contributed by atoms with Crippen LogP contribution in [0.3, 0.4) is 0 Å². The van der Waals surface area contributed by atoms with Crippen LogP contribution >= 0.6 is 15.9 Å². The Morgan fingerprint density at radius 3 is 3.00 bits per heavy atom. The van der Waals surface area contributed by atoms with E-state index in [2.05, 4.69) is 21.2 Å². The van der Waals surface area contributed by atoms with Gasteiger partial charge in [-0.3, -0.25) is 4.79 Å². The highest BCUT2D eigenvalue weighted by molar-refractivity contribution is 9.10. The van der Waals surface area contributed by atoms with Gasteiger partial charge in [0.1, 0.15) is 0 Å². The molecular weight excluding hydrogens is 268 g/mol. The normalized spacial score (nSPS) is 19.8. The molecule has 0 saturated carbocycles. The molecule has 1 saturated heterocycles. The van der Waals surface area contributed by atoms with Crippen LogP contribution in [0.5, 0.6) is 0 Å². The molecule has 0 bridgehead atoms. The first kappa shape index (κ1) is 11.6. The second-order valence-corrected chi connectivity index (χ2v) is 4.99. The fourth-order valence-electron chi connectivity index (χ4n) is 1.96. The van der Waals surface area contributed by atoms with Crippen molar-refractivity contribution in [1.82, 2.24) is 10.2 Å². The third-order valence-corrected chi connectivity index (χ3v) is 3.47. The van der Waals surface area contributed by atoms with Crippen LogP contribution in [0.1, 0.15) is 16.8 Å². The molecule has 1 aliphatic heterocycles. The molecule has 1 amide bonds. The summed E-state index contributed by atoms with van der Waals surface area (Å²) in [4.78, 5) is 14.0. The molecule has 0 aromatic heterocycles. The Kier molecular flexibility index (Phi) is 3.61. The number of nitrogens with zero attached hydrogens (tertiary/aromatic N) is 1. The molecule has 1 aromatic rings. The molecule has 0 unspecified atom stereocenters. The summed E-state index contributed by atoms with van der Waals surface area (Å²) in [5.74, 6) is 0.0926. The van der Waals surface area contributed by atoms with Gasteiger partial charge in [0.05, 0.1) is 0 Å². The van der Waals surface area contributed by atoms with Gasteiger partial charge in [-0.1, -0.05) is 22.0 Å². The van der Waals surface area contributed by atoms with Crippen molar-refractivity contribution < 1.29 is 4.79 Å². The van der Waals surface area contributed by atoms with Crippen molar-refractivity contribution in [3.8, 4) is 0 Å². The molecule has 3 nitrogen and oxygen atoms in total. The number of nitrogens with one attached hydrogen (secondary N) is 1. The Hall–Kier alpha value is -0.870. The minimum Gasteiger partial charge on any atom is -0.337 e. The third kappa shape index (κ3) is 2.44. The largest absolute Gasteiger partial charge is 0.337 e. The van der Waals surface area contributed by atoms with Crippen LogP contribution in [0.15, 0.2) is 28.7 Å². The zero-order chi connectivity index (χ0) is 11.5. The lowest BCUT2D eigenvalue weighted by atomic mass is 10.1. The van der Waals surface area contributed by atoms with Crippen molar-refractivity contribution >= 4 is 21.8 Å². The number of likely N-dealkylation sites (N-methyl/N-ethyl adjacent to an activating group) is 1. The standard InChI is InChI=1S/C12H15BrN2O/c1-15(11-5-6-14-8-11)12(16)9-3-2-4-10(13)7-9/h2-4,7,11,14H,5-6,8H2,1H3/t11-/m1/s1. The zero-order valence-corrected chi connectivity index (χ0v) is 10.8. The summed E-state index contributed by atoms with van der Waals surface area (Å²) in [6.45, 7) is 1.90. The molecule has 1 fully saturated rings. The van der Waals surface area contributed by atoms with Gasteiger partial charge in [-0.15, -0.1) is 0 Å². The van der Waals surface area contributed by atoms with Gasteiger partial charge >= 0.3 is 0 Å². The van der Waals surface area contributed by atoms with Gasteiger partial charge in [0.2, 0.25) is 0 Å². The minimum atomic E-state index is 0.0926. The number of benzene rings is 1. The van der Waals surface area contributed by atoms with Gasteiger partial charge in [0.15, 0.2) is 0 Å². The summed E-state index contributed by atoms with van der Waals surface area (Å²) in [6, 6.07) is 7.85. The van der Waals surface area contributed by atoms with Crippen molar-refractivity contribution in [2.45, 2.75) is 12.5 Å². The molecule has 2 rings (SSSR count). The monoisotopic (exact) mass is 282 g/mol. The number of hydrogen-bond acceptors (Lipinski definition) is 2. The van der Waals surface area contributed by atoms with Gasteiger partial charge in [-0.2, -0.15) is 0 Å². The second-order valence-electron chi connectivity index (χ2n) is 4.07. The van der Waals surface area contributed by atoms with E-state index in [9.17, 15) is 4.79 Å². The minimum absolute atomic E-state index is 0.0926. The molecular formula is C12H15BrN2O. The van der Waals surface area contributed by atoms with Crippen molar-refractivity contribution in [3.05, 3.63) is 34.3 Å². The van der Waals surface area contributed by atoms with Crippen LogP contribution in [0.4, 0.5) is 0 Å². The summed E-state index contributed by atoms with van der Waals surface area (Å²) >= 11 is 3.38. The summed E-state index contributed by atoms with van der Waals surface area (Å²) in [5, 5.41) is 3.27. The van der Waals surface area contributed by atoms with E-state index in [-0.39, 0.29) is 5.91 Å². The lowest BCUT2D eigenvalue weighted by Gasteiger charge is -2.23. The highest BCUT2D eigenvalue weighted by Gasteiger charge is 2.23. The first-order valence-electron chi connectivity index (χ1n) is 5.42. The van der Waals surface area contributed by atoms with Crippen LogP contribution in [-0.4, -0.2) is 37.0 Å². The van der Waals surface area contributed by atoms with E-state index < -0.39 is 0 Å². The maximum absolute atomic E-state index is 12.2. The Morgan fingerprint density at radius 1 is 1.56 bits per heavy atom. The number of halogens is 1. The SMILES string of the molecule is CN(C(=O)c1cccc(Br)c1)[C@@H]1CCNC1. The number of amides is 1. The Labute approximate surface area is 104 Å². The number of carbonyl (C=O) groups excluding carboxylic acids is 1. The molecule has 16 heavy (non-hydrogen) atoms. The van der Waals surface area contributed by atoms with E-state index in [4.69, 9.17) is 0 Å².